The fourth-order valence-corrected chi connectivity index (χ4v) is 6.87. The van der Waals surface area contributed by atoms with Gasteiger partial charge in [0.1, 0.15) is 22.2 Å². The van der Waals surface area contributed by atoms with Crippen molar-refractivity contribution < 1.29 is 14.3 Å². The summed E-state index contributed by atoms with van der Waals surface area (Å²) in [6, 6.07) is 11.6. The minimum absolute atomic E-state index is 0.0574. The van der Waals surface area contributed by atoms with E-state index in [1.807, 2.05) is 17.5 Å². The molecule has 0 spiro atoms. The van der Waals surface area contributed by atoms with Gasteiger partial charge in [-0.2, -0.15) is 4.68 Å². The molecule has 0 unspecified atom stereocenters. The maximum absolute atomic E-state index is 15.7. The van der Waals surface area contributed by atoms with Gasteiger partial charge in [0, 0.05) is 40.5 Å². The van der Waals surface area contributed by atoms with E-state index in [0.717, 1.165) is 40.0 Å². The van der Waals surface area contributed by atoms with Gasteiger partial charge < -0.3 is 10.4 Å². The average molecular weight is 587 g/mol. The number of piperidine rings is 1. The highest BCUT2D eigenvalue weighted by atomic mass is 32.1. The minimum Gasteiger partial charge on any atom is -0.389 e. The number of aromatic nitrogens is 6. The van der Waals surface area contributed by atoms with E-state index < -0.39 is 11.7 Å². The lowest BCUT2D eigenvalue weighted by Crippen LogP contribution is -2.49. The maximum atomic E-state index is 15.7. The summed E-state index contributed by atoms with van der Waals surface area (Å²) in [4.78, 5) is 30.2. The molecule has 2 N–H and O–H groups in total. The number of nitrogens with zero attached hydrogens (tertiary/aromatic N) is 7. The van der Waals surface area contributed by atoms with Gasteiger partial charge in [-0.3, -0.25) is 9.69 Å². The molecule has 0 saturated carbocycles. The van der Waals surface area contributed by atoms with Crippen LogP contribution in [0.4, 0.5) is 10.2 Å². The van der Waals surface area contributed by atoms with Crippen LogP contribution in [-0.4, -0.2) is 60.1 Å². The Labute approximate surface area is 241 Å². The van der Waals surface area contributed by atoms with Gasteiger partial charge in [0.25, 0.3) is 5.91 Å². The van der Waals surface area contributed by atoms with E-state index in [4.69, 9.17) is 0 Å². The van der Waals surface area contributed by atoms with Gasteiger partial charge in [-0.1, -0.05) is 5.21 Å². The number of pyridine rings is 2. The quantitative estimate of drug-likeness (QED) is 0.291. The molecule has 1 fully saturated rings. The van der Waals surface area contributed by atoms with Crippen LogP contribution in [0.2, 0.25) is 0 Å². The smallest absolute Gasteiger partial charge is 0.262 e. The number of carbonyl (C=O) groups excluding carboxylic acids is 1. The molecular formula is C28H23FN8O2S2. The second-order valence-electron chi connectivity index (χ2n) is 9.63. The predicted molar refractivity (Wildman–Crippen MR) is 156 cm³/mol. The SMILES string of the molecule is O=C(c1ccc(-n2nnc3cccnc32)cc1F)N(c1nccc2sc(-c3csc(CO)n3)cc12)[C@@H]1CCCNC1. The van der Waals surface area contributed by atoms with Gasteiger partial charge in [-0.15, -0.1) is 27.8 Å². The molecule has 1 aromatic carbocycles. The van der Waals surface area contributed by atoms with E-state index >= 15 is 4.39 Å². The van der Waals surface area contributed by atoms with Crippen LogP contribution in [0.5, 0.6) is 0 Å². The lowest BCUT2D eigenvalue weighted by atomic mass is 10.0. The van der Waals surface area contributed by atoms with Crippen molar-refractivity contribution >= 4 is 55.6 Å². The second kappa shape index (κ2) is 10.7. The summed E-state index contributed by atoms with van der Waals surface area (Å²) in [7, 11) is 0. The molecule has 0 bridgehead atoms. The van der Waals surface area contributed by atoms with Crippen molar-refractivity contribution in [2.45, 2.75) is 25.5 Å². The van der Waals surface area contributed by atoms with Gasteiger partial charge in [-0.25, -0.2) is 19.3 Å². The van der Waals surface area contributed by atoms with Gasteiger partial charge in [0.2, 0.25) is 0 Å². The Balaban J connectivity index is 1.30. The maximum Gasteiger partial charge on any atom is 0.262 e. The largest absolute Gasteiger partial charge is 0.389 e. The Bertz CT molecular complexity index is 1890. The van der Waals surface area contributed by atoms with Crippen LogP contribution >= 0.6 is 22.7 Å². The highest BCUT2D eigenvalue weighted by molar-refractivity contribution is 7.22. The van der Waals surface area contributed by atoms with Crippen molar-refractivity contribution in [1.29, 1.82) is 0 Å². The number of benzene rings is 1. The Morgan fingerprint density at radius 1 is 1.20 bits per heavy atom. The summed E-state index contributed by atoms with van der Waals surface area (Å²) in [6.07, 6.45) is 4.94. The molecule has 41 heavy (non-hydrogen) atoms. The number of aliphatic hydroxyl groups excluding tert-OH is 1. The van der Waals surface area contributed by atoms with E-state index in [0.29, 0.717) is 34.2 Å². The predicted octanol–water partition coefficient (Wildman–Crippen LogP) is 4.58. The standard InChI is InChI=1S/C28H23FN8O2S2/c29-20-11-16(37-27-21(34-35-37)4-2-9-31-27)5-6-18(20)28(39)36(17-3-1-8-30-13-17)26-19-12-24(41-23(19)7-10-32-26)22-15-40-25(14-38)33-22/h2,4-7,9-12,15,17,30,38H,1,3,8,13-14H2/t17-/m1/s1. The molecular weight excluding hydrogens is 563 g/mol. The molecule has 1 aliphatic heterocycles. The van der Waals surface area contributed by atoms with E-state index in [2.05, 4.69) is 30.6 Å². The molecule has 0 radical (unpaired) electrons. The molecule has 5 aromatic heterocycles. The van der Waals surface area contributed by atoms with Gasteiger partial charge in [0.15, 0.2) is 5.65 Å². The Kier molecular flexibility index (Phi) is 6.71. The summed E-state index contributed by atoms with van der Waals surface area (Å²) < 4.78 is 18.1. The third-order valence-corrected chi connectivity index (χ3v) is 9.04. The summed E-state index contributed by atoms with van der Waals surface area (Å²) in [5, 5.41) is 24.4. The van der Waals surface area contributed by atoms with Crippen LogP contribution in [0.25, 0.3) is 37.5 Å². The van der Waals surface area contributed by atoms with Crippen LogP contribution in [-0.2, 0) is 6.61 Å². The van der Waals surface area contributed by atoms with E-state index in [-0.39, 0.29) is 18.2 Å². The molecule has 6 heterocycles. The lowest BCUT2D eigenvalue weighted by molar-refractivity contribution is 0.0968. The molecule has 7 rings (SSSR count). The Morgan fingerprint density at radius 2 is 2.12 bits per heavy atom. The number of thiophene rings is 1. The number of aliphatic hydroxyl groups is 1. The van der Waals surface area contributed by atoms with Crippen molar-refractivity contribution in [2.24, 2.45) is 0 Å². The molecule has 6 aromatic rings. The summed E-state index contributed by atoms with van der Waals surface area (Å²) >= 11 is 2.93. The molecule has 1 saturated heterocycles. The van der Waals surface area contributed by atoms with Crippen molar-refractivity contribution in [2.75, 3.05) is 18.0 Å². The fourth-order valence-electron chi connectivity index (χ4n) is 5.13. The first-order chi connectivity index (χ1) is 20.1. The van der Waals surface area contributed by atoms with Crippen molar-refractivity contribution in [3.63, 3.8) is 0 Å². The zero-order valence-corrected chi connectivity index (χ0v) is 23.2. The number of rotatable bonds is 6. The Hall–Kier alpha value is -4.17. The second-order valence-corrected chi connectivity index (χ2v) is 11.7. The minimum atomic E-state index is -0.668. The Morgan fingerprint density at radius 3 is 2.93 bits per heavy atom. The highest BCUT2D eigenvalue weighted by Crippen LogP contribution is 2.39. The zero-order chi connectivity index (χ0) is 27.9. The van der Waals surface area contributed by atoms with Crippen molar-refractivity contribution in [3.05, 3.63) is 76.6 Å². The fraction of sp³-hybridized carbons (Fsp3) is 0.214. The molecule has 10 nitrogen and oxygen atoms in total. The van der Waals surface area contributed by atoms with Crippen LogP contribution in [0.1, 0.15) is 28.2 Å². The van der Waals surface area contributed by atoms with Gasteiger partial charge >= 0.3 is 0 Å². The van der Waals surface area contributed by atoms with Crippen LogP contribution < -0.4 is 10.2 Å². The zero-order valence-electron chi connectivity index (χ0n) is 21.6. The number of amides is 1. The number of thiazole rings is 1. The molecule has 0 aliphatic carbocycles. The summed E-state index contributed by atoms with van der Waals surface area (Å²) in [5.41, 5.74) is 2.21. The number of carbonyl (C=O) groups is 1. The highest BCUT2D eigenvalue weighted by Gasteiger charge is 2.32. The van der Waals surface area contributed by atoms with Crippen LogP contribution in [0.15, 0.2) is 60.2 Å². The number of nitrogens with one attached hydrogen (secondary N) is 1. The molecule has 1 atom stereocenters. The van der Waals surface area contributed by atoms with Crippen LogP contribution in [0, 0.1) is 5.82 Å². The first-order valence-electron chi connectivity index (χ1n) is 13.1. The number of halogens is 1. The van der Waals surface area contributed by atoms with E-state index in [9.17, 15) is 9.90 Å². The first-order valence-corrected chi connectivity index (χ1v) is 14.7. The summed E-state index contributed by atoms with van der Waals surface area (Å²) in [6.45, 7) is 1.31. The number of anilines is 1. The van der Waals surface area contributed by atoms with Crippen molar-refractivity contribution in [1.82, 2.24) is 35.3 Å². The number of hydrogen-bond acceptors (Lipinski definition) is 10. The van der Waals surface area contributed by atoms with E-state index in [1.54, 1.807) is 35.5 Å². The molecule has 13 heteroatoms. The number of fused-ring (bicyclic) bond motifs is 2. The van der Waals surface area contributed by atoms with E-state index in [1.165, 1.54) is 39.5 Å². The van der Waals surface area contributed by atoms with Crippen molar-refractivity contribution in [3.8, 4) is 16.3 Å². The van der Waals surface area contributed by atoms with Gasteiger partial charge in [-0.05, 0) is 55.8 Å². The molecule has 1 aliphatic rings. The summed E-state index contributed by atoms with van der Waals surface area (Å²) in [5.74, 6) is -0.650. The van der Waals surface area contributed by atoms with Crippen LogP contribution in [0.3, 0.4) is 0 Å². The topological polar surface area (TPSA) is 122 Å². The lowest BCUT2D eigenvalue weighted by Gasteiger charge is -2.34. The third kappa shape index (κ3) is 4.66. The average Bonchev–Trinajstić information content (AvgIpc) is 3.76. The molecule has 1 amide bonds. The van der Waals surface area contributed by atoms with Gasteiger partial charge in [0.05, 0.1) is 34.5 Å². The number of hydrogen-bond donors (Lipinski definition) is 2. The third-order valence-electron chi connectivity index (χ3n) is 7.08. The monoisotopic (exact) mass is 586 g/mol. The first kappa shape index (κ1) is 25.8. The molecule has 206 valence electrons. The normalized spacial score (nSPS) is 15.5.